The van der Waals surface area contributed by atoms with Crippen molar-refractivity contribution in [1.29, 1.82) is 0 Å². The summed E-state index contributed by atoms with van der Waals surface area (Å²) >= 11 is 0. The van der Waals surface area contributed by atoms with Crippen molar-refractivity contribution in [2.75, 3.05) is 72.7 Å². The van der Waals surface area contributed by atoms with Crippen LogP contribution in [0, 0.1) is 0 Å². The van der Waals surface area contributed by atoms with Crippen LogP contribution in [0.2, 0.25) is 0 Å². The van der Waals surface area contributed by atoms with Crippen LogP contribution in [0.5, 0.6) is 0 Å². The van der Waals surface area contributed by atoms with E-state index in [0.717, 1.165) is 6.92 Å². The summed E-state index contributed by atoms with van der Waals surface area (Å²) < 4.78 is 122. The molecule has 1 unspecified atom stereocenters. The molecule has 728 valence electrons. The minimum atomic E-state index is -2.62. The zero-order valence-electron chi connectivity index (χ0n) is 65.7. The fourth-order valence-corrected chi connectivity index (χ4v) is 16.1. The SMILES string of the molecule is CC(=O)N[C@H]1C(O)O[C@H](CO)[C@@H](O[C@@H]2O[C@H](CO[C@H]3O[C@H](CO[C@H]4O[C@H](CO)[C@@H](O)[C@H](O[C@H]5O[C@H](CO)[C@@H](O)[C@H](O)[C@@H]5O)[C@@H]4O)[C@@H](O)[C@H](O[C@H]4O[C@H](CO)[C@@H](O)[C@H](O[C@H]5O[C@H](CO)[C@@H](O)[C@H](O)[C@@H]5O)[C@@H]4O)[C@@H]3O)[C@@H](O)[C@H](O[C@H]3O[C@H](CO)[C@@H](O)[C@H](O)[C@@H]3O[C@H]3O[C@H](CO)[C@@H](O)[C@H](O)[C@@H]3O[C@H]3O[C@H](CO)[C@@H](O)[C@H](O[C@H]4O[C@H](CO)[C@@H](O)[C@H](O)[C@H]4O)[C@@H]3O)[C@@H]2O)[C@@H]1O. The molecule has 11 heterocycles. The number of hydrogen-bond donors (Lipinski definition) is 35. The first-order valence-corrected chi connectivity index (χ1v) is 39.7. The molecule has 0 aliphatic carbocycles. The molecule has 57 nitrogen and oxygen atoms in total. The maximum atomic E-state index is 12.7. The molecule has 11 fully saturated rings. The highest BCUT2D eigenvalue weighted by molar-refractivity contribution is 5.73. The molecule has 0 saturated carbocycles. The van der Waals surface area contributed by atoms with Gasteiger partial charge in [0.15, 0.2) is 69.2 Å². The summed E-state index contributed by atoms with van der Waals surface area (Å²) in [6.07, 6.45) is -119. The van der Waals surface area contributed by atoms with E-state index in [4.69, 9.17) is 99.5 Å². The second-order valence-electron chi connectivity index (χ2n) is 31.6. The molecule has 11 saturated heterocycles. The maximum Gasteiger partial charge on any atom is 0.217 e. The average Bonchev–Trinajstić information content (AvgIpc) is 0.787. The predicted molar refractivity (Wildman–Crippen MR) is 374 cm³/mol. The minimum Gasteiger partial charge on any atom is -0.394 e. The number of hydrogen-bond acceptors (Lipinski definition) is 56. The third-order valence-electron chi connectivity index (χ3n) is 23.4. The van der Waals surface area contributed by atoms with Crippen LogP contribution in [0.1, 0.15) is 6.92 Å². The average molecular weight is 1840 g/mol. The van der Waals surface area contributed by atoms with E-state index in [1.807, 2.05) is 0 Å². The molecule has 0 spiro atoms. The number of rotatable bonds is 32. The molecule has 0 aromatic heterocycles. The molecule has 0 bridgehead atoms. The summed E-state index contributed by atoms with van der Waals surface area (Å²) in [5.74, 6) is -0.902. The van der Waals surface area contributed by atoms with Gasteiger partial charge in [-0.1, -0.05) is 0 Å². The monoisotopic (exact) mass is 1840 g/mol. The lowest BCUT2D eigenvalue weighted by Gasteiger charge is -2.51. The molecule has 0 radical (unpaired) electrons. The summed E-state index contributed by atoms with van der Waals surface area (Å²) in [4.78, 5) is 12.4. The van der Waals surface area contributed by atoms with Gasteiger partial charge in [-0.2, -0.15) is 0 Å². The van der Waals surface area contributed by atoms with Gasteiger partial charge in [0.05, 0.1) is 72.7 Å². The number of aliphatic hydroxyl groups excluding tert-OH is 34. The Morgan fingerprint density at radius 1 is 0.208 bits per heavy atom. The van der Waals surface area contributed by atoms with Crippen LogP contribution in [0.25, 0.3) is 0 Å². The van der Waals surface area contributed by atoms with Gasteiger partial charge >= 0.3 is 0 Å². The number of nitrogens with one attached hydrogen (secondary N) is 1. The highest BCUT2D eigenvalue weighted by atomic mass is 16.8. The van der Waals surface area contributed by atoms with Crippen LogP contribution < -0.4 is 5.32 Å². The number of ether oxygens (including phenoxy) is 21. The zero-order valence-corrected chi connectivity index (χ0v) is 65.7. The van der Waals surface area contributed by atoms with E-state index in [1.54, 1.807) is 0 Å². The van der Waals surface area contributed by atoms with Crippen LogP contribution in [0.4, 0.5) is 0 Å². The Hall–Kier alpha value is -2.73. The molecule has 11 rings (SSSR count). The van der Waals surface area contributed by atoms with Gasteiger partial charge < -0.3 is 278 Å². The zero-order chi connectivity index (χ0) is 91.7. The van der Waals surface area contributed by atoms with Crippen molar-refractivity contribution >= 4 is 5.91 Å². The summed E-state index contributed by atoms with van der Waals surface area (Å²) in [5.41, 5.74) is 0. The molecule has 0 aromatic rings. The summed E-state index contributed by atoms with van der Waals surface area (Å²) in [6.45, 7) is -11.6. The second kappa shape index (κ2) is 44.6. The van der Waals surface area contributed by atoms with Crippen molar-refractivity contribution in [3.05, 3.63) is 0 Å². The Morgan fingerprint density at radius 2 is 0.416 bits per heavy atom. The minimum absolute atomic E-state index is 0.902. The van der Waals surface area contributed by atoms with Crippen LogP contribution >= 0.6 is 0 Å². The number of aliphatic hydroxyl groups is 34. The van der Waals surface area contributed by atoms with Gasteiger partial charge in [-0.25, -0.2) is 0 Å². The van der Waals surface area contributed by atoms with E-state index in [9.17, 15) is 178 Å². The molecule has 125 heavy (non-hydrogen) atoms. The van der Waals surface area contributed by atoms with E-state index >= 15 is 0 Å². The quantitative estimate of drug-likeness (QED) is 0.0297. The smallest absolute Gasteiger partial charge is 0.217 e. The number of carbonyl (C=O) groups is 1. The van der Waals surface area contributed by atoms with Gasteiger partial charge in [0.2, 0.25) is 5.91 Å². The van der Waals surface area contributed by atoms with Gasteiger partial charge in [-0.15, -0.1) is 0 Å². The summed E-state index contributed by atoms with van der Waals surface area (Å²) in [5, 5.41) is 379. The van der Waals surface area contributed by atoms with Crippen LogP contribution in [-0.4, -0.2) is 590 Å². The van der Waals surface area contributed by atoms with E-state index in [0.29, 0.717) is 0 Å². The lowest BCUT2D eigenvalue weighted by Crippen LogP contribution is -2.69. The molecule has 1 amide bonds. The molecule has 0 aromatic carbocycles. The summed E-state index contributed by atoms with van der Waals surface area (Å²) in [7, 11) is 0. The molecule has 35 N–H and O–H groups in total. The molecular weight excluding hydrogens is 1730 g/mol. The van der Waals surface area contributed by atoms with E-state index in [2.05, 4.69) is 5.32 Å². The lowest BCUT2D eigenvalue weighted by atomic mass is 9.94. The Morgan fingerprint density at radius 3 is 0.712 bits per heavy atom. The van der Waals surface area contributed by atoms with Crippen molar-refractivity contribution in [1.82, 2.24) is 5.32 Å². The Labute approximate surface area is 704 Å². The third-order valence-corrected chi connectivity index (χ3v) is 23.4. The maximum absolute atomic E-state index is 12.7. The molecular formula is C68H115NO56. The Balaban J connectivity index is 0.912. The van der Waals surface area contributed by atoms with Gasteiger partial charge in [0, 0.05) is 6.92 Å². The first-order valence-electron chi connectivity index (χ1n) is 39.7. The standard InChI is InChI=1S/C68H115NO56/c1-13(79)69-25-36(90)50(22(10-78)107-58(25)104)118-66-49(103)55(123-67-57(41(95)30(84)17(5-73)114-67)125-68-56(40(94)29(83)18(6-74)115-68)124-65-48(102)53(33(87)21(9-77)113-65)121-63-44(98)39(93)28(82)16(4-72)111-63)35(89)24(117-66)12-106-60-46(100)54(122-64-47(101)52(32(86)20(8-76)112-64)120-62-43(97)38(92)27(81)15(3-71)110-62)34(88)23(116-60)11-105-59-45(99)51(31(85)19(7-75)108-59)119-61-42(96)37(91)26(80)14(2-70)109-61/h14-68,70-78,80-104H,2-12H2,1H3,(H,69,79)/t14-,15-,16-,17-,18-,19-,20-,21-,22-,23-,24-,25-,26-,27-,28-,29-,30-,31-,32-,33-,34-,35-,36-,37+,38+,39+,40+,41+,42+,43+,44-,45+,46+,47+,48+,49+,50-,51+,52+,53+,54+,55+,56+,57+,58?,59+,60+,61-,62-,63-,64-,65-,66+,67-,68-/m1/s1. The molecule has 55 atom stereocenters. The van der Waals surface area contributed by atoms with E-state index < -0.39 is 416 Å². The van der Waals surface area contributed by atoms with E-state index in [-0.39, 0.29) is 0 Å². The highest BCUT2D eigenvalue weighted by Crippen LogP contribution is 2.41. The van der Waals surface area contributed by atoms with Crippen LogP contribution in [0.3, 0.4) is 0 Å². The van der Waals surface area contributed by atoms with Gasteiger partial charge in [-0.05, 0) is 0 Å². The lowest BCUT2D eigenvalue weighted by molar-refractivity contribution is -0.410. The fourth-order valence-electron chi connectivity index (χ4n) is 16.1. The van der Waals surface area contributed by atoms with Crippen molar-refractivity contribution in [2.24, 2.45) is 0 Å². The van der Waals surface area contributed by atoms with Crippen molar-refractivity contribution in [3.63, 3.8) is 0 Å². The van der Waals surface area contributed by atoms with Crippen molar-refractivity contribution in [2.45, 2.75) is 345 Å². The van der Waals surface area contributed by atoms with Crippen LogP contribution in [0.15, 0.2) is 0 Å². The first-order chi connectivity index (χ1) is 59.3. The van der Waals surface area contributed by atoms with Crippen molar-refractivity contribution in [3.8, 4) is 0 Å². The fraction of sp³-hybridized carbons (Fsp3) is 0.985. The predicted octanol–water partition coefficient (Wildman–Crippen LogP) is -24.8. The molecule has 57 heteroatoms. The van der Waals surface area contributed by atoms with Gasteiger partial charge in [0.25, 0.3) is 0 Å². The number of carbonyl (C=O) groups excluding carboxylic acids is 1. The third kappa shape index (κ3) is 21.8. The molecule has 11 aliphatic heterocycles. The largest absolute Gasteiger partial charge is 0.394 e. The topological polar surface area (TPSA) is 911 Å². The summed E-state index contributed by atoms with van der Waals surface area (Å²) in [6, 6.07) is -1.84. The van der Waals surface area contributed by atoms with Crippen LogP contribution in [-0.2, 0) is 104 Å². The van der Waals surface area contributed by atoms with Gasteiger partial charge in [-0.3, -0.25) is 4.79 Å². The van der Waals surface area contributed by atoms with Crippen molar-refractivity contribution < 1.29 is 278 Å². The Bertz CT molecular complexity index is 3250. The van der Waals surface area contributed by atoms with E-state index in [1.165, 1.54) is 0 Å². The normalized spacial score (nSPS) is 52.7. The molecule has 11 aliphatic rings. The first kappa shape index (κ1) is 103. The highest BCUT2D eigenvalue weighted by Gasteiger charge is 2.62. The second-order valence-corrected chi connectivity index (χ2v) is 31.6. The Kier molecular flexibility index (Phi) is 36.7. The van der Waals surface area contributed by atoms with Gasteiger partial charge in [0.1, 0.15) is 269 Å². The number of amides is 1.